The fourth-order valence-electron chi connectivity index (χ4n) is 1.25. The summed E-state index contributed by atoms with van der Waals surface area (Å²) in [6.07, 6.45) is 0.0718. The van der Waals surface area contributed by atoms with Crippen LogP contribution in [0.4, 0.5) is 11.5 Å². The Hall–Kier alpha value is -1.45. The zero-order valence-corrected chi connectivity index (χ0v) is 11.3. The van der Waals surface area contributed by atoms with Crippen LogP contribution >= 0.6 is 0 Å². The number of nitrogens with one attached hydrogen (secondary N) is 1. The third-order valence-corrected chi connectivity index (χ3v) is 2.61. The number of rotatable bonds is 5. The van der Waals surface area contributed by atoms with Crippen LogP contribution < -0.4 is 15.8 Å². The second-order valence-corrected chi connectivity index (χ2v) is 4.93. The maximum absolute atomic E-state index is 5.81. The van der Waals surface area contributed by atoms with Gasteiger partial charge in [-0.15, -0.1) is 0 Å². The predicted molar refractivity (Wildman–Crippen MR) is 72.3 cm³/mol. The molecule has 4 nitrogen and oxygen atoms in total. The van der Waals surface area contributed by atoms with Crippen LogP contribution in [0.5, 0.6) is 5.88 Å². The average Bonchev–Trinajstić information content (AvgIpc) is 2.22. The molecule has 1 aromatic heterocycles. The molecule has 0 aliphatic carbocycles. The molecule has 0 aliphatic rings. The summed E-state index contributed by atoms with van der Waals surface area (Å²) in [5, 5.41) is 3.34. The molecule has 0 bridgehead atoms. The molecule has 3 N–H and O–H groups in total. The number of hydrogen-bond donors (Lipinski definition) is 2. The molecule has 17 heavy (non-hydrogen) atoms. The molecule has 0 saturated heterocycles. The van der Waals surface area contributed by atoms with Gasteiger partial charge in [0.1, 0.15) is 5.82 Å². The molecule has 1 unspecified atom stereocenters. The molecule has 1 rings (SSSR count). The van der Waals surface area contributed by atoms with E-state index in [1.165, 1.54) is 0 Å². The van der Waals surface area contributed by atoms with E-state index in [1.807, 2.05) is 26.0 Å². The molecule has 0 aromatic carbocycles. The third-order valence-electron chi connectivity index (χ3n) is 2.61. The van der Waals surface area contributed by atoms with Gasteiger partial charge in [-0.05, 0) is 38.8 Å². The molecule has 1 atom stereocenters. The summed E-state index contributed by atoms with van der Waals surface area (Å²) in [4.78, 5) is 4.38. The SMILES string of the molecule is CC(C)Oc1nc(NC(C)C(C)C)ccc1N. The van der Waals surface area contributed by atoms with E-state index < -0.39 is 0 Å². The number of hydrogen-bond acceptors (Lipinski definition) is 4. The van der Waals surface area contributed by atoms with Gasteiger partial charge in [0.05, 0.1) is 11.8 Å². The molecule has 4 heteroatoms. The van der Waals surface area contributed by atoms with E-state index in [1.54, 1.807) is 0 Å². The fraction of sp³-hybridized carbons (Fsp3) is 0.615. The van der Waals surface area contributed by atoms with Crippen molar-refractivity contribution in [2.45, 2.75) is 46.8 Å². The zero-order chi connectivity index (χ0) is 13.0. The van der Waals surface area contributed by atoms with E-state index in [-0.39, 0.29) is 6.10 Å². The Morgan fingerprint density at radius 3 is 2.35 bits per heavy atom. The van der Waals surface area contributed by atoms with Gasteiger partial charge < -0.3 is 15.8 Å². The highest BCUT2D eigenvalue weighted by molar-refractivity contribution is 5.53. The number of nitrogens with zero attached hydrogens (tertiary/aromatic N) is 1. The van der Waals surface area contributed by atoms with E-state index in [0.29, 0.717) is 23.5 Å². The predicted octanol–water partition coefficient (Wildman–Crippen LogP) is 2.91. The van der Waals surface area contributed by atoms with E-state index in [0.717, 1.165) is 5.82 Å². The summed E-state index contributed by atoms with van der Waals surface area (Å²) in [6, 6.07) is 4.06. The molecule has 0 saturated carbocycles. The van der Waals surface area contributed by atoms with Crippen LogP contribution in [-0.2, 0) is 0 Å². The number of nitrogen functional groups attached to an aromatic ring is 1. The first-order chi connectivity index (χ1) is 7.90. The maximum Gasteiger partial charge on any atom is 0.239 e. The van der Waals surface area contributed by atoms with Crippen LogP contribution in [0.1, 0.15) is 34.6 Å². The number of pyridine rings is 1. The first-order valence-electron chi connectivity index (χ1n) is 6.10. The molecule has 0 radical (unpaired) electrons. The van der Waals surface area contributed by atoms with Crippen molar-refractivity contribution >= 4 is 11.5 Å². The minimum atomic E-state index is 0.0718. The van der Waals surface area contributed by atoms with Gasteiger partial charge in [0.15, 0.2) is 0 Å². The average molecular weight is 237 g/mol. The largest absolute Gasteiger partial charge is 0.473 e. The Morgan fingerprint density at radius 2 is 1.82 bits per heavy atom. The number of aromatic nitrogens is 1. The number of nitrogens with two attached hydrogens (primary N) is 1. The summed E-state index contributed by atoms with van der Waals surface area (Å²) >= 11 is 0. The summed E-state index contributed by atoms with van der Waals surface area (Å²) < 4.78 is 5.55. The maximum atomic E-state index is 5.81. The van der Waals surface area contributed by atoms with Crippen molar-refractivity contribution in [2.75, 3.05) is 11.1 Å². The van der Waals surface area contributed by atoms with Crippen molar-refractivity contribution in [2.24, 2.45) is 5.92 Å². The molecule has 0 aliphatic heterocycles. The van der Waals surface area contributed by atoms with Gasteiger partial charge in [-0.3, -0.25) is 0 Å². The van der Waals surface area contributed by atoms with E-state index in [4.69, 9.17) is 10.5 Å². The summed E-state index contributed by atoms with van der Waals surface area (Å²) in [5.74, 6) is 1.85. The van der Waals surface area contributed by atoms with Crippen molar-refractivity contribution in [1.82, 2.24) is 4.98 Å². The first kappa shape index (κ1) is 13.6. The van der Waals surface area contributed by atoms with Crippen LogP contribution in [0.3, 0.4) is 0 Å². The molecule has 0 fully saturated rings. The van der Waals surface area contributed by atoms with Gasteiger partial charge >= 0.3 is 0 Å². The van der Waals surface area contributed by atoms with Crippen molar-refractivity contribution in [3.63, 3.8) is 0 Å². The lowest BCUT2D eigenvalue weighted by molar-refractivity contribution is 0.234. The minimum Gasteiger partial charge on any atom is -0.473 e. The third kappa shape index (κ3) is 4.13. The second-order valence-electron chi connectivity index (χ2n) is 4.93. The molecule has 1 aromatic rings. The summed E-state index contributed by atoms with van der Waals surface area (Å²) in [6.45, 7) is 10.4. The first-order valence-corrected chi connectivity index (χ1v) is 6.10. The Kier molecular flexibility index (Phi) is 4.61. The van der Waals surface area contributed by atoms with Gasteiger partial charge in [0, 0.05) is 6.04 Å². The van der Waals surface area contributed by atoms with Gasteiger partial charge in [0.25, 0.3) is 0 Å². The number of anilines is 2. The van der Waals surface area contributed by atoms with Crippen molar-refractivity contribution in [1.29, 1.82) is 0 Å². The lowest BCUT2D eigenvalue weighted by Gasteiger charge is -2.19. The van der Waals surface area contributed by atoms with E-state index >= 15 is 0 Å². The van der Waals surface area contributed by atoms with Crippen LogP contribution in [0, 0.1) is 5.92 Å². The summed E-state index contributed by atoms with van der Waals surface area (Å²) in [5.41, 5.74) is 6.38. The van der Waals surface area contributed by atoms with Crippen LogP contribution in [0.15, 0.2) is 12.1 Å². The highest BCUT2D eigenvalue weighted by Crippen LogP contribution is 2.22. The van der Waals surface area contributed by atoms with Crippen LogP contribution in [-0.4, -0.2) is 17.1 Å². The Morgan fingerprint density at radius 1 is 1.18 bits per heavy atom. The molecular weight excluding hydrogens is 214 g/mol. The minimum absolute atomic E-state index is 0.0718. The van der Waals surface area contributed by atoms with E-state index in [2.05, 4.69) is 31.1 Å². The molecule has 0 amide bonds. The lowest BCUT2D eigenvalue weighted by atomic mass is 10.1. The fourth-order valence-corrected chi connectivity index (χ4v) is 1.25. The number of ether oxygens (including phenoxy) is 1. The van der Waals surface area contributed by atoms with Crippen LogP contribution in [0.25, 0.3) is 0 Å². The Bertz CT molecular complexity index is 364. The quantitative estimate of drug-likeness (QED) is 0.826. The monoisotopic (exact) mass is 237 g/mol. The molecule has 96 valence electrons. The van der Waals surface area contributed by atoms with Crippen molar-refractivity contribution in [3.05, 3.63) is 12.1 Å². The van der Waals surface area contributed by atoms with Crippen molar-refractivity contribution < 1.29 is 4.74 Å². The smallest absolute Gasteiger partial charge is 0.239 e. The van der Waals surface area contributed by atoms with Gasteiger partial charge in [-0.25, -0.2) is 0 Å². The molecular formula is C13H23N3O. The molecule has 1 heterocycles. The highest BCUT2D eigenvalue weighted by atomic mass is 16.5. The highest BCUT2D eigenvalue weighted by Gasteiger charge is 2.10. The second kappa shape index (κ2) is 5.75. The Labute approximate surface area is 104 Å². The standard InChI is InChI=1S/C13H23N3O/c1-8(2)10(5)15-12-7-6-11(14)13(16-12)17-9(3)4/h6-10H,14H2,1-5H3,(H,15,16). The van der Waals surface area contributed by atoms with Gasteiger partial charge in [-0.2, -0.15) is 4.98 Å². The zero-order valence-electron chi connectivity index (χ0n) is 11.3. The van der Waals surface area contributed by atoms with Crippen molar-refractivity contribution in [3.8, 4) is 5.88 Å². The normalized spacial score (nSPS) is 12.9. The van der Waals surface area contributed by atoms with Gasteiger partial charge in [0.2, 0.25) is 5.88 Å². The van der Waals surface area contributed by atoms with Crippen LogP contribution in [0.2, 0.25) is 0 Å². The Balaban J connectivity index is 2.81. The lowest BCUT2D eigenvalue weighted by Crippen LogP contribution is -2.22. The van der Waals surface area contributed by atoms with Gasteiger partial charge in [-0.1, -0.05) is 13.8 Å². The van der Waals surface area contributed by atoms with E-state index in [9.17, 15) is 0 Å². The summed E-state index contributed by atoms with van der Waals surface area (Å²) in [7, 11) is 0. The topological polar surface area (TPSA) is 60.2 Å². The molecule has 0 spiro atoms.